The zero-order valence-electron chi connectivity index (χ0n) is 11.9. The number of nitrogens with two attached hydrogens (primary N) is 1. The van der Waals surface area contributed by atoms with Gasteiger partial charge >= 0.3 is 0 Å². The Morgan fingerprint density at radius 2 is 2.05 bits per heavy atom. The van der Waals surface area contributed by atoms with Gasteiger partial charge in [0.2, 0.25) is 0 Å². The van der Waals surface area contributed by atoms with Crippen LogP contribution in [0.25, 0.3) is 0 Å². The standard InChI is InChI=1S/C14H22BrN3O/c1-9(2)13(8-18(3)4)17-14(19)11-7-10(15)5-6-12(11)16/h5-7,9,13H,8,16H2,1-4H3,(H,17,19). The number of hydrogen-bond donors (Lipinski definition) is 2. The maximum absolute atomic E-state index is 12.3. The number of amides is 1. The minimum atomic E-state index is -0.126. The minimum absolute atomic E-state index is 0.0980. The Hall–Kier alpha value is -1.07. The Bertz CT molecular complexity index is 446. The Kier molecular flexibility index (Phi) is 5.82. The van der Waals surface area contributed by atoms with Crippen LogP contribution in [-0.2, 0) is 0 Å². The van der Waals surface area contributed by atoms with Crippen molar-refractivity contribution >= 4 is 27.5 Å². The van der Waals surface area contributed by atoms with E-state index in [1.165, 1.54) is 0 Å². The molecule has 3 N–H and O–H groups in total. The van der Waals surface area contributed by atoms with Crippen LogP contribution in [0.5, 0.6) is 0 Å². The average Bonchev–Trinajstić information content (AvgIpc) is 2.30. The summed E-state index contributed by atoms with van der Waals surface area (Å²) in [4.78, 5) is 14.3. The van der Waals surface area contributed by atoms with Crippen LogP contribution in [-0.4, -0.2) is 37.5 Å². The molecule has 106 valence electrons. The van der Waals surface area contributed by atoms with Crippen molar-refractivity contribution in [2.45, 2.75) is 19.9 Å². The van der Waals surface area contributed by atoms with Crippen molar-refractivity contribution in [2.24, 2.45) is 5.92 Å². The molecule has 0 fully saturated rings. The number of carbonyl (C=O) groups is 1. The van der Waals surface area contributed by atoms with Crippen molar-refractivity contribution in [3.63, 3.8) is 0 Å². The van der Waals surface area contributed by atoms with Crippen LogP contribution in [0, 0.1) is 5.92 Å². The molecular formula is C14H22BrN3O. The van der Waals surface area contributed by atoms with E-state index in [-0.39, 0.29) is 11.9 Å². The first-order chi connectivity index (χ1) is 8.81. The molecule has 0 aliphatic carbocycles. The molecule has 0 aliphatic rings. The number of nitrogens with zero attached hydrogens (tertiary/aromatic N) is 1. The number of benzene rings is 1. The summed E-state index contributed by atoms with van der Waals surface area (Å²) >= 11 is 3.36. The molecule has 0 radical (unpaired) electrons. The van der Waals surface area contributed by atoms with E-state index in [0.717, 1.165) is 11.0 Å². The molecule has 4 nitrogen and oxygen atoms in total. The van der Waals surface area contributed by atoms with E-state index in [1.54, 1.807) is 12.1 Å². The van der Waals surface area contributed by atoms with Crippen LogP contribution in [0.3, 0.4) is 0 Å². The Morgan fingerprint density at radius 3 is 2.58 bits per heavy atom. The van der Waals surface area contributed by atoms with Crippen molar-refractivity contribution in [1.29, 1.82) is 0 Å². The van der Waals surface area contributed by atoms with Crippen LogP contribution < -0.4 is 11.1 Å². The summed E-state index contributed by atoms with van der Waals surface area (Å²) in [6.07, 6.45) is 0. The van der Waals surface area contributed by atoms with Gasteiger partial charge in [0.25, 0.3) is 5.91 Å². The van der Waals surface area contributed by atoms with E-state index in [0.29, 0.717) is 17.2 Å². The van der Waals surface area contributed by atoms with Crippen LogP contribution >= 0.6 is 15.9 Å². The third-order valence-corrected chi connectivity index (χ3v) is 3.44. The first-order valence-electron chi connectivity index (χ1n) is 6.32. The summed E-state index contributed by atoms with van der Waals surface area (Å²) in [6, 6.07) is 5.40. The third kappa shape index (κ3) is 4.84. The van der Waals surface area contributed by atoms with Gasteiger partial charge in [0.1, 0.15) is 0 Å². The van der Waals surface area contributed by atoms with Gasteiger partial charge < -0.3 is 16.0 Å². The number of nitrogens with one attached hydrogen (secondary N) is 1. The molecule has 5 heteroatoms. The molecule has 1 rings (SSSR count). The highest BCUT2D eigenvalue weighted by atomic mass is 79.9. The lowest BCUT2D eigenvalue weighted by Gasteiger charge is -2.25. The molecule has 0 heterocycles. The highest BCUT2D eigenvalue weighted by Gasteiger charge is 2.19. The zero-order chi connectivity index (χ0) is 14.6. The summed E-state index contributed by atoms with van der Waals surface area (Å²) in [5.74, 6) is 0.235. The molecular weight excluding hydrogens is 306 g/mol. The minimum Gasteiger partial charge on any atom is -0.398 e. The number of carbonyl (C=O) groups excluding carboxylic acids is 1. The van der Waals surface area contributed by atoms with Gasteiger partial charge in [0.05, 0.1) is 5.56 Å². The van der Waals surface area contributed by atoms with Gasteiger partial charge in [0.15, 0.2) is 0 Å². The quantitative estimate of drug-likeness (QED) is 0.816. The van der Waals surface area contributed by atoms with E-state index in [9.17, 15) is 4.79 Å². The maximum atomic E-state index is 12.3. The van der Waals surface area contributed by atoms with Gasteiger partial charge in [-0.25, -0.2) is 0 Å². The second kappa shape index (κ2) is 6.91. The number of nitrogen functional groups attached to an aromatic ring is 1. The number of hydrogen-bond acceptors (Lipinski definition) is 3. The van der Waals surface area contributed by atoms with E-state index in [1.807, 2.05) is 20.2 Å². The van der Waals surface area contributed by atoms with E-state index in [2.05, 4.69) is 40.0 Å². The molecule has 0 aromatic heterocycles. The highest BCUT2D eigenvalue weighted by Crippen LogP contribution is 2.18. The number of halogens is 1. The van der Waals surface area contributed by atoms with Crippen molar-refractivity contribution in [2.75, 3.05) is 26.4 Å². The summed E-state index contributed by atoms with van der Waals surface area (Å²) in [5.41, 5.74) is 6.86. The van der Waals surface area contributed by atoms with Crippen molar-refractivity contribution in [3.05, 3.63) is 28.2 Å². The Labute approximate surface area is 123 Å². The molecule has 1 aromatic rings. The van der Waals surface area contributed by atoms with Crippen molar-refractivity contribution < 1.29 is 4.79 Å². The molecule has 1 atom stereocenters. The van der Waals surface area contributed by atoms with Gasteiger partial charge in [-0.2, -0.15) is 0 Å². The zero-order valence-corrected chi connectivity index (χ0v) is 13.5. The molecule has 0 aliphatic heterocycles. The van der Waals surface area contributed by atoms with Gasteiger partial charge in [-0.15, -0.1) is 0 Å². The fraction of sp³-hybridized carbons (Fsp3) is 0.500. The second-order valence-corrected chi connectivity index (χ2v) is 6.23. The fourth-order valence-electron chi connectivity index (χ4n) is 1.79. The van der Waals surface area contributed by atoms with E-state index < -0.39 is 0 Å². The van der Waals surface area contributed by atoms with Crippen molar-refractivity contribution in [1.82, 2.24) is 10.2 Å². The molecule has 0 spiro atoms. The largest absolute Gasteiger partial charge is 0.398 e. The van der Waals surface area contributed by atoms with Crippen LogP contribution in [0.1, 0.15) is 24.2 Å². The fourth-order valence-corrected chi connectivity index (χ4v) is 2.15. The second-order valence-electron chi connectivity index (χ2n) is 5.32. The SMILES string of the molecule is CC(C)C(CN(C)C)NC(=O)c1cc(Br)ccc1N. The lowest BCUT2D eigenvalue weighted by Crippen LogP contribution is -2.45. The summed E-state index contributed by atoms with van der Waals surface area (Å²) in [6.45, 7) is 4.99. The van der Waals surface area contributed by atoms with Gasteiger partial charge in [-0.05, 0) is 38.2 Å². The number of likely N-dealkylation sites (N-methyl/N-ethyl adjacent to an activating group) is 1. The van der Waals surface area contributed by atoms with Crippen LogP contribution in [0.15, 0.2) is 22.7 Å². The summed E-state index contributed by atoms with van der Waals surface area (Å²) < 4.78 is 0.848. The first kappa shape index (κ1) is 16.0. The maximum Gasteiger partial charge on any atom is 0.253 e. The normalized spacial score (nSPS) is 12.8. The predicted molar refractivity (Wildman–Crippen MR) is 83.2 cm³/mol. The highest BCUT2D eigenvalue weighted by molar-refractivity contribution is 9.10. The Balaban J connectivity index is 2.84. The molecule has 1 amide bonds. The van der Waals surface area contributed by atoms with Gasteiger partial charge in [-0.3, -0.25) is 4.79 Å². The Morgan fingerprint density at radius 1 is 1.42 bits per heavy atom. The van der Waals surface area contributed by atoms with E-state index in [4.69, 9.17) is 5.73 Å². The molecule has 1 unspecified atom stereocenters. The topological polar surface area (TPSA) is 58.4 Å². The average molecular weight is 328 g/mol. The smallest absolute Gasteiger partial charge is 0.253 e. The third-order valence-electron chi connectivity index (χ3n) is 2.94. The van der Waals surface area contributed by atoms with E-state index >= 15 is 0 Å². The first-order valence-corrected chi connectivity index (χ1v) is 7.11. The predicted octanol–water partition coefficient (Wildman–Crippen LogP) is 2.35. The van der Waals surface area contributed by atoms with Gasteiger partial charge in [0, 0.05) is 22.7 Å². The summed E-state index contributed by atoms with van der Waals surface area (Å²) in [7, 11) is 3.99. The van der Waals surface area contributed by atoms with Gasteiger partial charge in [-0.1, -0.05) is 29.8 Å². The summed E-state index contributed by atoms with van der Waals surface area (Å²) in [5, 5.41) is 3.05. The van der Waals surface area contributed by atoms with Crippen LogP contribution in [0.2, 0.25) is 0 Å². The number of anilines is 1. The monoisotopic (exact) mass is 327 g/mol. The lowest BCUT2D eigenvalue weighted by atomic mass is 10.0. The van der Waals surface area contributed by atoms with Crippen molar-refractivity contribution in [3.8, 4) is 0 Å². The number of rotatable bonds is 5. The molecule has 0 saturated carbocycles. The lowest BCUT2D eigenvalue weighted by molar-refractivity contribution is 0.0917. The molecule has 1 aromatic carbocycles. The molecule has 0 bridgehead atoms. The van der Waals surface area contributed by atoms with Crippen LogP contribution in [0.4, 0.5) is 5.69 Å². The molecule has 0 saturated heterocycles. The molecule has 19 heavy (non-hydrogen) atoms.